The van der Waals surface area contributed by atoms with E-state index in [9.17, 15) is 4.79 Å². The van der Waals surface area contributed by atoms with Gasteiger partial charge in [-0.3, -0.25) is 4.79 Å². The maximum absolute atomic E-state index is 11.2. The molecule has 0 spiro atoms. The second kappa shape index (κ2) is 3.75. The van der Waals surface area contributed by atoms with Gasteiger partial charge in [0.15, 0.2) is 0 Å². The largest absolute Gasteiger partial charge is 0.506 e. The summed E-state index contributed by atoms with van der Waals surface area (Å²) in [5.74, 6) is -0.225. The first-order chi connectivity index (χ1) is 6.19. The van der Waals surface area contributed by atoms with Crippen molar-refractivity contribution in [1.82, 2.24) is 10.3 Å². The quantitative estimate of drug-likeness (QED) is 0.683. The maximum atomic E-state index is 11.2. The molecule has 0 fully saturated rings. The molecule has 2 N–H and O–H groups in total. The van der Waals surface area contributed by atoms with Crippen molar-refractivity contribution < 1.29 is 14.6 Å². The molecule has 13 heavy (non-hydrogen) atoms. The highest BCUT2D eigenvalue weighted by molar-refractivity contribution is 5.96. The Labute approximate surface area is 75.4 Å². The summed E-state index contributed by atoms with van der Waals surface area (Å²) < 4.78 is 4.84. The van der Waals surface area contributed by atoms with Crippen molar-refractivity contribution in [2.75, 3.05) is 14.2 Å². The molecule has 0 saturated heterocycles. The number of methoxy groups -OCH3 is 1. The number of hydrogen-bond acceptors (Lipinski definition) is 4. The van der Waals surface area contributed by atoms with Crippen molar-refractivity contribution in [3.8, 4) is 11.6 Å². The topological polar surface area (TPSA) is 71.5 Å². The van der Waals surface area contributed by atoms with Gasteiger partial charge < -0.3 is 15.2 Å². The number of aromatic hydroxyl groups is 1. The van der Waals surface area contributed by atoms with Crippen LogP contribution in [-0.4, -0.2) is 30.2 Å². The Hall–Kier alpha value is -1.78. The molecule has 5 nitrogen and oxygen atoms in total. The van der Waals surface area contributed by atoms with E-state index < -0.39 is 0 Å². The molecule has 1 aromatic rings. The van der Waals surface area contributed by atoms with Crippen LogP contribution in [-0.2, 0) is 0 Å². The Morgan fingerprint density at radius 2 is 2.38 bits per heavy atom. The van der Waals surface area contributed by atoms with Crippen LogP contribution in [0, 0.1) is 0 Å². The third-order valence-electron chi connectivity index (χ3n) is 1.50. The van der Waals surface area contributed by atoms with E-state index in [-0.39, 0.29) is 23.1 Å². The molecule has 0 unspecified atom stereocenters. The summed E-state index contributed by atoms with van der Waals surface area (Å²) in [6.07, 6.45) is 1.21. The van der Waals surface area contributed by atoms with Crippen LogP contribution in [0.4, 0.5) is 0 Å². The van der Waals surface area contributed by atoms with E-state index in [1.165, 1.54) is 26.4 Å². The van der Waals surface area contributed by atoms with E-state index in [1.807, 2.05) is 0 Å². The van der Waals surface area contributed by atoms with Gasteiger partial charge in [-0.15, -0.1) is 0 Å². The van der Waals surface area contributed by atoms with Crippen molar-refractivity contribution in [3.63, 3.8) is 0 Å². The SMILES string of the molecule is CNC(=O)c1cc(O)cnc1OC. The molecule has 0 aliphatic rings. The van der Waals surface area contributed by atoms with E-state index in [2.05, 4.69) is 10.3 Å². The summed E-state index contributed by atoms with van der Waals surface area (Å²) in [5, 5.41) is 11.5. The van der Waals surface area contributed by atoms with E-state index in [0.29, 0.717) is 0 Å². The molecule has 1 heterocycles. The van der Waals surface area contributed by atoms with E-state index in [0.717, 1.165) is 0 Å². The normalized spacial score (nSPS) is 9.38. The summed E-state index contributed by atoms with van der Waals surface area (Å²) >= 11 is 0. The number of aromatic nitrogens is 1. The molecule has 0 aliphatic carbocycles. The molecule has 1 rings (SSSR count). The van der Waals surface area contributed by atoms with E-state index in [4.69, 9.17) is 9.84 Å². The van der Waals surface area contributed by atoms with Crippen molar-refractivity contribution >= 4 is 5.91 Å². The molecule has 0 bridgehead atoms. The highest BCUT2D eigenvalue weighted by atomic mass is 16.5. The number of nitrogens with zero attached hydrogens (tertiary/aromatic N) is 1. The van der Waals surface area contributed by atoms with Crippen LogP contribution in [0.1, 0.15) is 10.4 Å². The predicted molar refractivity (Wildman–Crippen MR) is 45.8 cm³/mol. The van der Waals surface area contributed by atoms with Gasteiger partial charge in [0, 0.05) is 7.05 Å². The summed E-state index contributed by atoms with van der Waals surface area (Å²) in [6.45, 7) is 0. The van der Waals surface area contributed by atoms with Gasteiger partial charge in [-0.1, -0.05) is 0 Å². The van der Waals surface area contributed by atoms with Gasteiger partial charge in [-0.25, -0.2) is 4.98 Å². The Morgan fingerprint density at radius 3 is 2.92 bits per heavy atom. The maximum Gasteiger partial charge on any atom is 0.256 e. The second-order valence-electron chi connectivity index (χ2n) is 2.33. The number of nitrogens with one attached hydrogen (secondary N) is 1. The van der Waals surface area contributed by atoms with Crippen LogP contribution in [0.2, 0.25) is 0 Å². The highest BCUT2D eigenvalue weighted by Crippen LogP contribution is 2.19. The first-order valence-electron chi connectivity index (χ1n) is 3.64. The zero-order chi connectivity index (χ0) is 9.84. The summed E-state index contributed by atoms with van der Waals surface area (Å²) in [4.78, 5) is 14.9. The number of carbonyl (C=O) groups excluding carboxylic acids is 1. The molecule has 70 valence electrons. The van der Waals surface area contributed by atoms with Gasteiger partial charge in [0.25, 0.3) is 5.91 Å². The van der Waals surface area contributed by atoms with Crippen molar-refractivity contribution in [3.05, 3.63) is 17.8 Å². The fourth-order valence-electron chi connectivity index (χ4n) is 0.901. The molecular formula is C8H10N2O3. The van der Waals surface area contributed by atoms with Gasteiger partial charge in [-0.2, -0.15) is 0 Å². The molecule has 0 atom stereocenters. The molecular weight excluding hydrogens is 172 g/mol. The van der Waals surface area contributed by atoms with E-state index >= 15 is 0 Å². The molecule has 5 heteroatoms. The smallest absolute Gasteiger partial charge is 0.256 e. The van der Waals surface area contributed by atoms with Gasteiger partial charge in [0.05, 0.1) is 13.3 Å². The van der Waals surface area contributed by atoms with Gasteiger partial charge in [0.1, 0.15) is 11.3 Å². The zero-order valence-corrected chi connectivity index (χ0v) is 7.37. The monoisotopic (exact) mass is 182 g/mol. The Balaban J connectivity index is 3.15. The number of ether oxygens (including phenoxy) is 1. The first kappa shape index (κ1) is 9.31. The summed E-state index contributed by atoms with van der Waals surface area (Å²) in [5.41, 5.74) is 0.213. The van der Waals surface area contributed by atoms with Crippen LogP contribution in [0.3, 0.4) is 0 Å². The zero-order valence-electron chi connectivity index (χ0n) is 7.37. The fraction of sp³-hybridized carbons (Fsp3) is 0.250. The van der Waals surface area contributed by atoms with Gasteiger partial charge in [-0.05, 0) is 6.07 Å². The minimum Gasteiger partial charge on any atom is -0.506 e. The molecule has 0 aliphatic heterocycles. The number of carbonyl (C=O) groups is 1. The summed E-state index contributed by atoms with van der Waals surface area (Å²) in [6, 6.07) is 1.30. The third kappa shape index (κ3) is 1.87. The van der Waals surface area contributed by atoms with Crippen LogP contribution in [0.5, 0.6) is 11.6 Å². The predicted octanol–water partition coefficient (Wildman–Crippen LogP) is 0.155. The van der Waals surface area contributed by atoms with Gasteiger partial charge in [0.2, 0.25) is 5.88 Å². The van der Waals surface area contributed by atoms with Crippen molar-refractivity contribution in [1.29, 1.82) is 0 Å². The lowest BCUT2D eigenvalue weighted by Gasteiger charge is -2.05. The average Bonchev–Trinajstić information content (AvgIpc) is 2.16. The molecule has 0 aromatic carbocycles. The number of pyridine rings is 1. The minimum atomic E-state index is -0.347. The van der Waals surface area contributed by atoms with Crippen LogP contribution in [0.15, 0.2) is 12.3 Å². The summed E-state index contributed by atoms with van der Waals surface area (Å²) in [7, 11) is 2.90. The second-order valence-corrected chi connectivity index (χ2v) is 2.33. The van der Waals surface area contributed by atoms with Gasteiger partial charge >= 0.3 is 0 Å². The van der Waals surface area contributed by atoms with Crippen LogP contribution in [0.25, 0.3) is 0 Å². The lowest BCUT2D eigenvalue weighted by molar-refractivity contribution is 0.0959. The van der Waals surface area contributed by atoms with Crippen molar-refractivity contribution in [2.24, 2.45) is 0 Å². The van der Waals surface area contributed by atoms with Crippen molar-refractivity contribution in [2.45, 2.75) is 0 Å². The Bertz CT molecular complexity index is 325. The third-order valence-corrected chi connectivity index (χ3v) is 1.50. The van der Waals surface area contributed by atoms with Crippen LogP contribution < -0.4 is 10.1 Å². The number of amides is 1. The fourth-order valence-corrected chi connectivity index (χ4v) is 0.901. The standard InChI is InChI=1S/C8H10N2O3/c1-9-7(12)6-3-5(11)4-10-8(6)13-2/h3-4,11H,1-2H3,(H,9,12). The van der Waals surface area contributed by atoms with E-state index in [1.54, 1.807) is 0 Å². The molecule has 1 amide bonds. The molecule has 0 saturated carbocycles. The molecule has 0 radical (unpaired) electrons. The lowest BCUT2D eigenvalue weighted by Crippen LogP contribution is -2.18. The number of hydrogen-bond donors (Lipinski definition) is 2. The lowest BCUT2D eigenvalue weighted by atomic mass is 10.2. The minimum absolute atomic E-state index is 0.0700. The Kier molecular flexibility index (Phi) is 2.69. The molecule has 1 aromatic heterocycles. The average molecular weight is 182 g/mol. The first-order valence-corrected chi connectivity index (χ1v) is 3.64. The number of rotatable bonds is 2. The highest BCUT2D eigenvalue weighted by Gasteiger charge is 2.12. The Morgan fingerprint density at radius 1 is 1.69 bits per heavy atom. The van der Waals surface area contributed by atoms with Crippen LogP contribution >= 0.6 is 0 Å².